The van der Waals surface area contributed by atoms with Crippen molar-refractivity contribution in [2.75, 3.05) is 17.2 Å². The zero-order valence-electron chi connectivity index (χ0n) is 16.6. The molecule has 0 aliphatic rings. The Morgan fingerprint density at radius 1 is 1.00 bits per heavy atom. The van der Waals surface area contributed by atoms with Crippen molar-refractivity contribution in [3.63, 3.8) is 0 Å². The number of amides is 1. The largest absolute Gasteiger partial charge is 0.370 e. The molecule has 0 aliphatic heterocycles. The van der Waals surface area contributed by atoms with E-state index in [1.54, 1.807) is 13.0 Å². The Balaban J connectivity index is 1.63. The summed E-state index contributed by atoms with van der Waals surface area (Å²) in [5.74, 6) is 1.43. The molecule has 0 atom stereocenters. The Bertz CT molecular complexity index is 921. The molecule has 3 aromatic rings. The van der Waals surface area contributed by atoms with Crippen LogP contribution in [0.4, 0.5) is 11.5 Å². The number of aromatic nitrogens is 2. The van der Waals surface area contributed by atoms with Gasteiger partial charge in [0.05, 0.1) is 0 Å². The predicted octanol–water partition coefficient (Wildman–Crippen LogP) is 4.82. The Hall–Kier alpha value is -3.21. The molecule has 0 radical (unpaired) electrons. The monoisotopic (exact) mass is 374 g/mol. The molecule has 0 saturated carbocycles. The number of carbonyl (C=O) groups is 1. The number of hydrogen-bond acceptors (Lipinski definition) is 4. The predicted molar refractivity (Wildman–Crippen MR) is 114 cm³/mol. The highest BCUT2D eigenvalue weighted by molar-refractivity contribution is 6.03. The van der Waals surface area contributed by atoms with Gasteiger partial charge in [0.1, 0.15) is 17.3 Å². The first-order chi connectivity index (χ1) is 13.5. The maximum absolute atomic E-state index is 12.6. The number of nitrogens with zero attached hydrogens (tertiary/aromatic N) is 2. The van der Waals surface area contributed by atoms with Crippen LogP contribution in [-0.4, -0.2) is 22.4 Å². The third-order valence-electron chi connectivity index (χ3n) is 4.47. The van der Waals surface area contributed by atoms with Crippen LogP contribution in [0.25, 0.3) is 0 Å². The molecule has 1 heterocycles. The van der Waals surface area contributed by atoms with Gasteiger partial charge in [-0.25, -0.2) is 9.97 Å². The van der Waals surface area contributed by atoms with Gasteiger partial charge in [-0.15, -0.1) is 0 Å². The number of benzene rings is 2. The summed E-state index contributed by atoms with van der Waals surface area (Å²) in [5.41, 5.74) is 3.59. The second-order valence-electron chi connectivity index (χ2n) is 7.08. The molecule has 3 rings (SSSR count). The van der Waals surface area contributed by atoms with Gasteiger partial charge in [-0.2, -0.15) is 0 Å². The van der Waals surface area contributed by atoms with Crippen LogP contribution in [0.5, 0.6) is 0 Å². The molecule has 0 saturated heterocycles. The van der Waals surface area contributed by atoms with E-state index < -0.39 is 0 Å². The normalized spacial score (nSPS) is 10.7. The average molecular weight is 374 g/mol. The Labute approximate surface area is 166 Å². The summed E-state index contributed by atoms with van der Waals surface area (Å²) < 4.78 is 0. The fourth-order valence-electron chi connectivity index (χ4n) is 2.90. The van der Waals surface area contributed by atoms with Crippen molar-refractivity contribution in [2.24, 2.45) is 0 Å². The van der Waals surface area contributed by atoms with E-state index in [2.05, 4.69) is 46.6 Å². The summed E-state index contributed by atoms with van der Waals surface area (Å²) in [5, 5.41) is 6.19. The smallest absolute Gasteiger partial charge is 0.274 e. The molecule has 2 aromatic carbocycles. The van der Waals surface area contributed by atoms with E-state index in [-0.39, 0.29) is 5.91 Å². The standard InChI is InChI=1S/C23H26N4O/c1-16(2)19-9-11-20(12-10-19)27-23(28)21-15-22(26-17(3)25-21)24-14-13-18-7-5-4-6-8-18/h4-12,15-16H,13-14H2,1-3H3,(H,27,28)(H,24,25,26). The summed E-state index contributed by atoms with van der Waals surface area (Å²) >= 11 is 0. The van der Waals surface area contributed by atoms with Crippen LogP contribution >= 0.6 is 0 Å². The van der Waals surface area contributed by atoms with E-state index in [9.17, 15) is 4.79 Å². The molecule has 5 heteroatoms. The highest BCUT2D eigenvalue weighted by atomic mass is 16.1. The minimum atomic E-state index is -0.242. The zero-order chi connectivity index (χ0) is 19.9. The summed E-state index contributed by atoms with van der Waals surface area (Å²) in [6.45, 7) is 6.81. The van der Waals surface area contributed by atoms with Gasteiger partial charge in [-0.05, 0) is 42.5 Å². The Kier molecular flexibility index (Phi) is 6.37. The SMILES string of the molecule is Cc1nc(NCCc2ccccc2)cc(C(=O)Nc2ccc(C(C)C)cc2)n1. The molecule has 1 aromatic heterocycles. The van der Waals surface area contributed by atoms with Crippen LogP contribution in [0.3, 0.4) is 0 Å². The minimum Gasteiger partial charge on any atom is -0.370 e. The fraction of sp³-hybridized carbons (Fsp3) is 0.261. The lowest BCUT2D eigenvalue weighted by Gasteiger charge is -2.10. The number of anilines is 2. The number of carbonyl (C=O) groups excluding carboxylic acids is 1. The molecule has 0 unspecified atom stereocenters. The Morgan fingerprint density at radius 2 is 1.71 bits per heavy atom. The fourth-order valence-corrected chi connectivity index (χ4v) is 2.90. The van der Waals surface area contributed by atoms with E-state index in [1.807, 2.05) is 42.5 Å². The second-order valence-corrected chi connectivity index (χ2v) is 7.08. The van der Waals surface area contributed by atoms with Crippen LogP contribution in [0, 0.1) is 6.92 Å². The van der Waals surface area contributed by atoms with Gasteiger partial charge in [0.15, 0.2) is 0 Å². The van der Waals surface area contributed by atoms with E-state index in [0.717, 1.165) is 18.7 Å². The molecule has 28 heavy (non-hydrogen) atoms. The van der Waals surface area contributed by atoms with Crippen LogP contribution in [0.1, 0.15) is 47.2 Å². The van der Waals surface area contributed by atoms with E-state index >= 15 is 0 Å². The van der Waals surface area contributed by atoms with Gasteiger partial charge < -0.3 is 10.6 Å². The highest BCUT2D eigenvalue weighted by Gasteiger charge is 2.11. The summed E-state index contributed by atoms with van der Waals surface area (Å²) in [7, 11) is 0. The third-order valence-corrected chi connectivity index (χ3v) is 4.47. The number of nitrogens with one attached hydrogen (secondary N) is 2. The van der Waals surface area contributed by atoms with Gasteiger partial charge in [0.25, 0.3) is 5.91 Å². The molecule has 2 N–H and O–H groups in total. The summed E-state index contributed by atoms with van der Waals surface area (Å²) in [6.07, 6.45) is 0.883. The van der Waals surface area contributed by atoms with Crippen molar-refractivity contribution in [3.05, 3.63) is 83.3 Å². The number of rotatable bonds is 7. The van der Waals surface area contributed by atoms with Crippen LogP contribution in [-0.2, 0) is 6.42 Å². The first-order valence-corrected chi connectivity index (χ1v) is 9.56. The molecule has 0 fully saturated rings. The van der Waals surface area contributed by atoms with Crippen LogP contribution in [0.2, 0.25) is 0 Å². The Morgan fingerprint density at radius 3 is 2.39 bits per heavy atom. The van der Waals surface area contributed by atoms with Crippen molar-refractivity contribution in [2.45, 2.75) is 33.1 Å². The first kappa shape index (κ1) is 19.5. The molecule has 144 valence electrons. The van der Waals surface area contributed by atoms with E-state index in [0.29, 0.717) is 23.3 Å². The molecule has 0 aliphatic carbocycles. The van der Waals surface area contributed by atoms with E-state index in [1.165, 1.54) is 11.1 Å². The van der Waals surface area contributed by atoms with Gasteiger partial charge in [0.2, 0.25) is 0 Å². The number of hydrogen-bond donors (Lipinski definition) is 2. The zero-order valence-corrected chi connectivity index (χ0v) is 16.6. The molecular formula is C23H26N4O. The van der Waals surface area contributed by atoms with Gasteiger partial charge in [0, 0.05) is 18.3 Å². The quantitative estimate of drug-likeness (QED) is 0.622. The van der Waals surface area contributed by atoms with Crippen LogP contribution in [0.15, 0.2) is 60.7 Å². The van der Waals surface area contributed by atoms with Crippen molar-refractivity contribution < 1.29 is 4.79 Å². The molecule has 0 bridgehead atoms. The van der Waals surface area contributed by atoms with Crippen molar-refractivity contribution in [1.29, 1.82) is 0 Å². The molecule has 0 spiro atoms. The topological polar surface area (TPSA) is 66.9 Å². The maximum Gasteiger partial charge on any atom is 0.274 e. The summed E-state index contributed by atoms with van der Waals surface area (Å²) in [4.78, 5) is 21.3. The van der Waals surface area contributed by atoms with E-state index in [4.69, 9.17) is 0 Å². The lowest BCUT2D eigenvalue weighted by Crippen LogP contribution is -2.16. The molecular weight excluding hydrogens is 348 g/mol. The summed E-state index contributed by atoms with van der Waals surface area (Å²) in [6, 6.07) is 19.8. The minimum absolute atomic E-state index is 0.242. The third kappa shape index (κ3) is 5.39. The molecule has 5 nitrogen and oxygen atoms in total. The van der Waals surface area contributed by atoms with Crippen molar-refractivity contribution >= 4 is 17.4 Å². The van der Waals surface area contributed by atoms with Crippen molar-refractivity contribution in [3.8, 4) is 0 Å². The van der Waals surface area contributed by atoms with Crippen molar-refractivity contribution in [1.82, 2.24) is 9.97 Å². The van der Waals surface area contributed by atoms with Crippen LogP contribution < -0.4 is 10.6 Å². The first-order valence-electron chi connectivity index (χ1n) is 9.56. The van der Waals surface area contributed by atoms with Gasteiger partial charge in [-0.1, -0.05) is 56.3 Å². The molecule has 1 amide bonds. The number of aryl methyl sites for hydroxylation is 1. The highest BCUT2D eigenvalue weighted by Crippen LogP contribution is 2.18. The average Bonchev–Trinajstić information content (AvgIpc) is 2.69. The van der Waals surface area contributed by atoms with Gasteiger partial charge in [-0.3, -0.25) is 4.79 Å². The lowest BCUT2D eigenvalue weighted by atomic mass is 10.0. The van der Waals surface area contributed by atoms with Gasteiger partial charge >= 0.3 is 0 Å². The second kappa shape index (κ2) is 9.13. The maximum atomic E-state index is 12.6. The lowest BCUT2D eigenvalue weighted by molar-refractivity contribution is 0.102.